The molecule has 0 aliphatic carbocycles. The Morgan fingerprint density at radius 1 is 1.50 bits per heavy atom. The predicted octanol–water partition coefficient (Wildman–Crippen LogP) is 2.18. The van der Waals surface area contributed by atoms with Crippen LogP contribution in [0.2, 0.25) is 0 Å². The van der Waals surface area contributed by atoms with Crippen molar-refractivity contribution in [3.8, 4) is 6.07 Å². The molecule has 1 unspecified atom stereocenters. The lowest BCUT2D eigenvalue weighted by molar-refractivity contribution is 0.458. The Hall–Kier alpha value is -1.13. The van der Waals surface area contributed by atoms with Gasteiger partial charge in [-0.1, -0.05) is 26.7 Å². The van der Waals surface area contributed by atoms with E-state index in [-0.39, 0.29) is 0 Å². The van der Waals surface area contributed by atoms with E-state index in [4.69, 9.17) is 5.26 Å². The maximum Gasteiger partial charge on any atom is 0.236 e. The van der Waals surface area contributed by atoms with Crippen molar-refractivity contribution in [3.05, 3.63) is 0 Å². The highest BCUT2D eigenvalue weighted by Crippen LogP contribution is 2.21. The van der Waals surface area contributed by atoms with Crippen molar-refractivity contribution in [2.75, 3.05) is 0 Å². The largest absolute Gasteiger partial charge is 0.236 e. The first kappa shape index (κ1) is 10.9. The van der Waals surface area contributed by atoms with Gasteiger partial charge in [-0.3, -0.25) is 0 Å². The number of aliphatic imine (C=N–C) groups is 1. The van der Waals surface area contributed by atoms with Crippen LogP contribution in [0.3, 0.4) is 0 Å². The molecule has 0 aromatic heterocycles. The SMILES string of the molecule is CCCCC(C#N)(CC)N=C=O. The van der Waals surface area contributed by atoms with Crippen LogP contribution in [0.4, 0.5) is 0 Å². The molecule has 0 rings (SSSR count). The van der Waals surface area contributed by atoms with E-state index in [0.717, 1.165) is 12.8 Å². The maximum atomic E-state index is 10.1. The van der Waals surface area contributed by atoms with Gasteiger partial charge in [0, 0.05) is 0 Å². The summed E-state index contributed by atoms with van der Waals surface area (Å²) in [6.45, 7) is 3.90. The molecule has 0 spiro atoms. The van der Waals surface area contributed by atoms with Gasteiger partial charge in [0.05, 0.1) is 6.07 Å². The van der Waals surface area contributed by atoms with E-state index in [1.54, 1.807) is 0 Å². The van der Waals surface area contributed by atoms with E-state index in [9.17, 15) is 4.79 Å². The zero-order valence-corrected chi connectivity index (χ0v) is 7.63. The molecule has 0 amide bonds. The molecular formula is C9H14N2O. The van der Waals surface area contributed by atoms with Gasteiger partial charge in [-0.05, 0) is 12.8 Å². The third-order valence-corrected chi connectivity index (χ3v) is 2.00. The van der Waals surface area contributed by atoms with E-state index < -0.39 is 5.54 Å². The molecule has 0 aliphatic heterocycles. The highest BCUT2D eigenvalue weighted by molar-refractivity contribution is 5.36. The number of isocyanates is 1. The Kier molecular flexibility index (Phi) is 4.99. The van der Waals surface area contributed by atoms with Gasteiger partial charge in [-0.25, -0.2) is 4.79 Å². The van der Waals surface area contributed by atoms with Crippen LogP contribution in [-0.4, -0.2) is 11.6 Å². The number of nitrogens with zero attached hydrogens (tertiary/aromatic N) is 2. The normalized spacial score (nSPS) is 14.1. The highest BCUT2D eigenvalue weighted by Gasteiger charge is 2.26. The number of hydrogen-bond donors (Lipinski definition) is 0. The maximum absolute atomic E-state index is 10.1. The quantitative estimate of drug-likeness (QED) is 0.464. The summed E-state index contributed by atoms with van der Waals surface area (Å²) in [4.78, 5) is 13.6. The zero-order valence-electron chi connectivity index (χ0n) is 7.63. The Bertz CT molecular complexity index is 213. The minimum Gasteiger partial charge on any atom is -0.211 e. The predicted molar refractivity (Wildman–Crippen MR) is 46.3 cm³/mol. The molecule has 0 aliphatic rings. The van der Waals surface area contributed by atoms with Gasteiger partial charge >= 0.3 is 0 Å². The summed E-state index contributed by atoms with van der Waals surface area (Å²) in [6.07, 6.45) is 4.65. The summed E-state index contributed by atoms with van der Waals surface area (Å²) in [7, 11) is 0. The molecule has 12 heavy (non-hydrogen) atoms. The fourth-order valence-corrected chi connectivity index (χ4v) is 1.03. The molecule has 0 saturated heterocycles. The smallest absolute Gasteiger partial charge is 0.211 e. The van der Waals surface area contributed by atoms with Crippen molar-refractivity contribution in [3.63, 3.8) is 0 Å². The number of hydrogen-bond acceptors (Lipinski definition) is 3. The van der Waals surface area contributed by atoms with Crippen molar-refractivity contribution in [1.29, 1.82) is 5.26 Å². The van der Waals surface area contributed by atoms with Crippen LogP contribution in [0.15, 0.2) is 4.99 Å². The highest BCUT2D eigenvalue weighted by atomic mass is 16.1. The Morgan fingerprint density at radius 3 is 2.50 bits per heavy atom. The minimum absolute atomic E-state index is 0.582. The molecule has 0 aromatic rings. The first-order valence-electron chi connectivity index (χ1n) is 4.25. The second-order valence-corrected chi connectivity index (χ2v) is 2.80. The van der Waals surface area contributed by atoms with E-state index >= 15 is 0 Å². The lowest BCUT2D eigenvalue weighted by atomic mass is 9.92. The Morgan fingerprint density at radius 2 is 2.17 bits per heavy atom. The average Bonchev–Trinajstić information content (AvgIpc) is 2.13. The summed E-state index contributed by atoms with van der Waals surface area (Å²) in [5.41, 5.74) is -0.808. The molecule has 0 bridgehead atoms. The fourth-order valence-electron chi connectivity index (χ4n) is 1.03. The first-order chi connectivity index (χ1) is 5.74. The van der Waals surface area contributed by atoms with E-state index in [1.165, 1.54) is 6.08 Å². The molecule has 0 fully saturated rings. The fraction of sp³-hybridized carbons (Fsp3) is 0.778. The summed E-state index contributed by atoms with van der Waals surface area (Å²) in [6, 6.07) is 2.07. The van der Waals surface area contributed by atoms with E-state index in [1.807, 2.05) is 13.8 Å². The molecule has 3 nitrogen and oxygen atoms in total. The van der Waals surface area contributed by atoms with Gasteiger partial charge in [0.25, 0.3) is 0 Å². The zero-order chi connectivity index (χ0) is 9.45. The Labute approximate surface area is 73.1 Å². The summed E-state index contributed by atoms with van der Waals surface area (Å²) in [5, 5.41) is 8.81. The van der Waals surface area contributed by atoms with Crippen molar-refractivity contribution < 1.29 is 4.79 Å². The van der Waals surface area contributed by atoms with Crippen LogP contribution in [0, 0.1) is 11.3 Å². The van der Waals surface area contributed by atoms with Crippen LogP contribution in [-0.2, 0) is 4.79 Å². The van der Waals surface area contributed by atoms with Crippen LogP contribution < -0.4 is 0 Å². The van der Waals surface area contributed by atoms with Crippen LogP contribution in [0.5, 0.6) is 0 Å². The molecule has 0 heterocycles. The number of nitriles is 1. The monoisotopic (exact) mass is 166 g/mol. The molecular weight excluding hydrogens is 152 g/mol. The number of rotatable bonds is 5. The molecule has 66 valence electrons. The van der Waals surface area contributed by atoms with Gasteiger partial charge in [0.2, 0.25) is 6.08 Å². The average molecular weight is 166 g/mol. The summed E-state index contributed by atoms with van der Waals surface area (Å²) in [5.74, 6) is 0. The van der Waals surface area contributed by atoms with E-state index in [2.05, 4.69) is 11.1 Å². The molecule has 0 saturated carbocycles. The molecule has 0 aromatic carbocycles. The Balaban J connectivity index is 4.38. The van der Waals surface area contributed by atoms with Crippen LogP contribution in [0.25, 0.3) is 0 Å². The molecule has 0 N–H and O–H groups in total. The molecule has 0 radical (unpaired) electrons. The van der Waals surface area contributed by atoms with Gasteiger partial charge in [0.15, 0.2) is 5.54 Å². The van der Waals surface area contributed by atoms with Gasteiger partial charge in [-0.15, -0.1) is 0 Å². The molecule has 1 atom stereocenters. The van der Waals surface area contributed by atoms with Crippen LogP contribution in [0.1, 0.15) is 39.5 Å². The second-order valence-electron chi connectivity index (χ2n) is 2.80. The third kappa shape index (κ3) is 2.86. The first-order valence-corrected chi connectivity index (χ1v) is 4.25. The standard InChI is InChI=1S/C9H14N2O/c1-3-5-6-9(4-2,7-10)11-8-12/h3-6H2,1-2H3. The van der Waals surface area contributed by atoms with Gasteiger partial charge < -0.3 is 0 Å². The van der Waals surface area contributed by atoms with Crippen molar-refractivity contribution in [1.82, 2.24) is 0 Å². The van der Waals surface area contributed by atoms with Crippen LogP contribution >= 0.6 is 0 Å². The van der Waals surface area contributed by atoms with Crippen molar-refractivity contribution in [2.24, 2.45) is 4.99 Å². The van der Waals surface area contributed by atoms with Crippen molar-refractivity contribution >= 4 is 6.08 Å². The summed E-state index contributed by atoms with van der Waals surface area (Å²) >= 11 is 0. The number of carbonyl (C=O) groups excluding carboxylic acids is 1. The third-order valence-electron chi connectivity index (χ3n) is 2.00. The van der Waals surface area contributed by atoms with Gasteiger partial charge in [-0.2, -0.15) is 10.3 Å². The number of unbranched alkanes of at least 4 members (excludes halogenated alkanes) is 1. The topological polar surface area (TPSA) is 53.2 Å². The summed E-state index contributed by atoms with van der Waals surface area (Å²) < 4.78 is 0. The lowest BCUT2D eigenvalue weighted by Crippen LogP contribution is -2.22. The lowest BCUT2D eigenvalue weighted by Gasteiger charge is -2.16. The second kappa shape index (κ2) is 5.51. The van der Waals surface area contributed by atoms with Crippen molar-refractivity contribution in [2.45, 2.75) is 45.1 Å². The van der Waals surface area contributed by atoms with Gasteiger partial charge in [0.1, 0.15) is 0 Å². The van der Waals surface area contributed by atoms with E-state index in [0.29, 0.717) is 12.8 Å². The molecule has 3 heteroatoms. The minimum atomic E-state index is -0.808.